The van der Waals surface area contributed by atoms with Crippen molar-refractivity contribution in [3.05, 3.63) is 17.1 Å². The third-order valence-electron chi connectivity index (χ3n) is 2.30. The summed E-state index contributed by atoms with van der Waals surface area (Å²) < 4.78 is 3.10. The van der Waals surface area contributed by atoms with Crippen molar-refractivity contribution in [1.29, 1.82) is 0 Å². The Morgan fingerprint density at radius 1 is 1.64 bits per heavy atom. The average Bonchev–Trinajstić information content (AvgIpc) is 2.27. The van der Waals surface area contributed by atoms with Gasteiger partial charge in [0.1, 0.15) is 4.60 Å². The Hall–Kier alpha value is -0.310. The van der Waals surface area contributed by atoms with E-state index in [0.29, 0.717) is 0 Å². The Morgan fingerprint density at radius 3 is 2.91 bits per heavy atom. The first-order valence-electron chi connectivity index (χ1n) is 4.02. The first-order chi connectivity index (χ1) is 5.34. The first-order valence-corrected chi connectivity index (χ1v) is 4.81. The summed E-state index contributed by atoms with van der Waals surface area (Å²) in [6.07, 6.45) is 8.15. The summed E-state index contributed by atoms with van der Waals surface area (Å²) in [5.74, 6) is 0.913. The molecule has 0 atom stereocenters. The number of hydrogen-bond donors (Lipinski definition) is 0. The summed E-state index contributed by atoms with van der Waals surface area (Å²) in [5.41, 5.74) is 0. The van der Waals surface area contributed by atoms with Crippen LogP contribution in [0.5, 0.6) is 0 Å². The molecular formula is C8H11BrN2. The Labute approximate surface area is 74.8 Å². The lowest BCUT2D eigenvalue weighted by molar-refractivity contribution is 0.276. The van der Waals surface area contributed by atoms with E-state index < -0.39 is 0 Å². The third kappa shape index (κ3) is 1.64. The molecule has 1 heterocycles. The number of hydrogen-bond acceptors (Lipinski definition) is 1. The SMILES string of the molecule is Brc1cn(CC2CCC2)cn1. The fraction of sp³-hybridized carbons (Fsp3) is 0.625. The van der Waals surface area contributed by atoms with Gasteiger partial charge in [-0.2, -0.15) is 0 Å². The quantitative estimate of drug-likeness (QED) is 0.740. The maximum Gasteiger partial charge on any atom is 0.124 e. The van der Waals surface area contributed by atoms with Crippen LogP contribution in [0.25, 0.3) is 0 Å². The lowest BCUT2D eigenvalue weighted by atomic mass is 9.85. The minimum atomic E-state index is 0.913. The van der Waals surface area contributed by atoms with Gasteiger partial charge in [0.05, 0.1) is 6.33 Å². The molecule has 1 aliphatic rings. The standard InChI is InChI=1S/C8H11BrN2/c9-8-5-11(6-10-8)4-7-2-1-3-7/h5-7H,1-4H2. The topological polar surface area (TPSA) is 17.8 Å². The van der Waals surface area contributed by atoms with Gasteiger partial charge in [0.2, 0.25) is 0 Å². The second-order valence-corrected chi connectivity index (χ2v) is 4.00. The summed E-state index contributed by atoms with van der Waals surface area (Å²) >= 11 is 3.33. The van der Waals surface area contributed by atoms with Gasteiger partial charge in [0.15, 0.2) is 0 Å². The fourth-order valence-corrected chi connectivity index (χ4v) is 1.76. The van der Waals surface area contributed by atoms with Gasteiger partial charge in [-0.1, -0.05) is 6.42 Å². The van der Waals surface area contributed by atoms with Gasteiger partial charge < -0.3 is 4.57 Å². The molecule has 0 bridgehead atoms. The zero-order valence-electron chi connectivity index (χ0n) is 6.33. The van der Waals surface area contributed by atoms with Crippen molar-refractivity contribution in [3.8, 4) is 0 Å². The van der Waals surface area contributed by atoms with Gasteiger partial charge in [0.25, 0.3) is 0 Å². The van der Waals surface area contributed by atoms with Crippen molar-refractivity contribution in [2.75, 3.05) is 0 Å². The van der Waals surface area contributed by atoms with Crippen LogP contribution in [0.1, 0.15) is 19.3 Å². The molecule has 1 saturated carbocycles. The van der Waals surface area contributed by atoms with Crippen LogP contribution in [0.15, 0.2) is 17.1 Å². The van der Waals surface area contributed by atoms with E-state index in [-0.39, 0.29) is 0 Å². The Morgan fingerprint density at radius 2 is 2.45 bits per heavy atom. The molecule has 11 heavy (non-hydrogen) atoms. The second kappa shape index (κ2) is 2.97. The van der Waals surface area contributed by atoms with E-state index in [4.69, 9.17) is 0 Å². The van der Waals surface area contributed by atoms with Gasteiger partial charge in [-0.3, -0.25) is 0 Å². The molecule has 0 amide bonds. The zero-order chi connectivity index (χ0) is 7.68. The molecule has 0 N–H and O–H groups in total. The number of nitrogens with zero attached hydrogens (tertiary/aromatic N) is 2. The molecule has 0 aliphatic heterocycles. The third-order valence-corrected chi connectivity index (χ3v) is 2.70. The van der Waals surface area contributed by atoms with Crippen LogP contribution in [-0.4, -0.2) is 9.55 Å². The van der Waals surface area contributed by atoms with Crippen molar-refractivity contribution in [3.63, 3.8) is 0 Å². The molecule has 1 fully saturated rings. The maximum absolute atomic E-state index is 4.11. The molecule has 1 aliphatic carbocycles. The molecule has 0 radical (unpaired) electrons. The molecule has 0 aromatic carbocycles. The van der Waals surface area contributed by atoms with Gasteiger partial charge in [-0.15, -0.1) is 0 Å². The minimum Gasteiger partial charge on any atom is -0.336 e. The summed E-state index contributed by atoms with van der Waals surface area (Å²) in [4.78, 5) is 4.11. The smallest absolute Gasteiger partial charge is 0.124 e. The van der Waals surface area contributed by atoms with Crippen LogP contribution in [0.2, 0.25) is 0 Å². The van der Waals surface area contributed by atoms with Crippen molar-refractivity contribution in [2.24, 2.45) is 5.92 Å². The molecule has 0 unspecified atom stereocenters. The monoisotopic (exact) mass is 214 g/mol. The van der Waals surface area contributed by atoms with E-state index in [9.17, 15) is 0 Å². The highest BCUT2D eigenvalue weighted by Gasteiger charge is 2.17. The number of imidazole rings is 1. The highest BCUT2D eigenvalue weighted by atomic mass is 79.9. The van der Waals surface area contributed by atoms with Crippen molar-refractivity contribution in [2.45, 2.75) is 25.8 Å². The zero-order valence-corrected chi connectivity index (χ0v) is 7.92. The number of aromatic nitrogens is 2. The highest BCUT2D eigenvalue weighted by molar-refractivity contribution is 9.10. The summed E-state index contributed by atoms with van der Waals surface area (Å²) in [6, 6.07) is 0. The first kappa shape index (κ1) is 7.35. The lowest BCUT2D eigenvalue weighted by Gasteiger charge is -2.25. The molecule has 2 rings (SSSR count). The van der Waals surface area contributed by atoms with E-state index in [2.05, 4.69) is 25.5 Å². The molecule has 0 saturated heterocycles. The molecular weight excluding hydrogens is 204 g/mol. The van der Waals surface area contributed by atoms with E-state index in [1.807, 2.05) is 12.5 Å². The molecule has 2 nitrogen and oxygen atoms in total. The molecule has 3 heteroatoms. The number of halogens is 1. The Kier molecular flexibility index (Phi) is 1.98. The minimum absolute atomic E-state index is 0.913. The van der Waals surface area contributed by atoms with Gasteiger partial charge in [0, 0.05) is 12.7 Å². The summed E-state index contributed by atoms with van der Waals surface area (Å²) in [5, 5.41) is 0. The Balaban J connectivity index is 1.95. The van der Waals surface area contributed by atoms with Crippen LogP contribution in [0.4, 0.5) is 0 Å². The molecule has 1 aromatic rings. The second-order valence-electron chi connectivity index (χ2n) is 3.19. The molecule has 60 valence electrons. The van der Waals surface area contributed by atoms with Crippen molar-refractivity contribution < 1.29 is 0 Å². The van der Waals surface area contributed by atoms with Crippen molar-refractivity contribution in [1.82, 2.24) is 9.55 Å². The van der Waals surface area contributed by atoms with Crippen LogP contribution in [0, 0.1) is 5.92 Å². The van der Waals surface area contributed by atoms with Gasteiger partial charge >= 0.3 is 0 Å². The predicted molar refractivity (Wildman–Crippen MR) is 47.3 cm³/mol. The fourth-order valence-electron chi connectivity index (χ4n) is 1.41. The molecule has 0 spiro atoms. The maximum atomic E-state index is 4.11. The van der Waals surface area contributed by atoms with E-state index in [1.54, 1.807) is 0 Å². The predicted octanol–water partition coefficient (Wildman–Crippen LogP) is 2.45. The normalized spacial score (nSPS) is 18.3. The molecule has 1 aromatic heterocycles. The summed E-state index contributed by atoms with van der Waals surface area (Å²) in [6.45, 7) is 1.15. The van der Waals surface area contributed by atoms with Gasteiger partial charge in [-0.25, -0.2) is 4.98 Å². The van der Waals surface area contributed by atoms with E-state index >= 15 is 0 Å². The summed E-state index contributed by atoms with van der Waals surface area (Å²) in [7, 11) is 0. The largest absolute Gasteiger partial charge is 0.336 e. The van der Waals surface area contributed by atoms with Crippen molar-refractivity contribution >= 4 is 15.9 Å². The van der Waals surface area contributed by atoms with Crippen LogP contribution < -0.4 is 0 Å². The number of rotatable bonds is 2. The Bertz CT molecular complexity index is 240. The van der Waals surface area contributed by atoms with E-state index in [0.717, 1.165) is 17.1 Å². The van der Waals surface area contributed by atoms with Gasteiger partial charge in [-0.05, 0) is 34.7 Å². The van der Waals surface area contributed by atoms with Crippen LogP contribution >= 0.6 is 15.9 Å². The lowest BCUT2D eigenvalue weighted by Crippen LogP contribution is -2.16. The van der Waals surface area contributed by atoms with Crippen LogP contribution in [-0.2, 0) is 6.54 Å². The van der Waals surface area contributed by atoms with Crippen LogP contribution in [0.3, 0.4) is 0 Å². The average molecular weight is 215 g/mol. The highest BCUT2D eigenvalue weighted by Crippen LogP contribution is 2.27. The van der Waals surface area contributed by atoms with E-state index in [1.165, 1.54) is 19.3 Å².